The van der Waals surface area contributed by atoms with Gasteiger partial charge in [0.2, 0.25) is 0 Å². The van der Waals surface area contributed by atoms with Crippen LogP contribution in [0.5, 0.6) is 5.75 Å². The van der Waals surface area contributed by atoms with E-state index in [1.807, 2.05) is 0 Å². The Kier molecular flexibility index (Phi) is 4.17. The van der Waals surface area contributed by atoms with E-state index in [1.165, 1.54) is 5.56 Å². The van der Waals surface area contributed by atoms with E-state index in [1.54, 1.807) is 30.3 Å². The molecule has 5 nitrogen and oxygen atoms in total. The minimum atomic E-state index is -0.218. The van der Waals surface area contributed by atoms with E-state index in [0.29, 0.717) is 17.3 Å². The van der Waals surface area contributed by atoms with Gasteiger partial charge in [0, 0.05) is 11.4 Å². The molecular formula is C22H25N3O2. The lowest BCUT2D eigenvalue weighted by Gasteiger charge is -2.34. The third-order valence-corrected chi connectivity index (χ3v) is 5.56. The number of hydrogen-bond acceptors (Lipinski definition) is 3. The first-order chi connectivity index (χ1) is 12.8. The number of hydrogen-bond donors (Lipinski definition) is 3. The number of aromatic amines is 1. The Balaban J connectivity index is 1.59. The number of carbonyl (C=O) groups excluding carboxylic acids is 1. The number of aryl methyl sites for hydroxylation is 1. The van der Waals surface area contributed by atoms with Gasteiger partial charge in [0.1, 0.15) is 11.4 Å². The second-order valence-electron chi connectivity index (χ2n) is 8.52. The second kappa shape index (κ2) is 6.41. The van der Waals surface area contributed by atoms with Crippen LogP contribution in [0.3, 0.4) is 0 Å². The third-order valence-electron chi connectivity index (χ3n) is 5.56. The molecule has 0 radical (unpaired) electrons. The summed E-state index contributed by atoms with van der Waals surface area (Å²) < 4.78 is 0. The molecular weight excluding hydrogens is 338 g/mol. The predicted molar refractivity (Wildman–Crippen MR) is 107 cm³/mol. The van der Waals surface area contributed by atoms with Gasteiger partial charge in [-0.3, -0.25) is 9.78 Å². The van der Waals surface area contributed by atoms with Gasteiger partial charge in [0.05, 0.1) is 11.0 Å². The molecule has 1 atom stereocenters. The molecule has 2 heterocycles. The molecule has 0 aliphatic heterocycles. The van der Waals surface area contributed by atoms with Crippen molar-refractivity contribution in [2.75, 3.05) is 5.32 Å². The number of H-pyrrole nitrogens is 1. The number of nitrogens with zero attached hydrogens (tertiary/aromatic N) is 1. The summed E-state index contributed by atoms with van der Waals surface area (Å²) in [5.74, 6) is 0.600. The first-order valence-corrected chi connectivity index (χ1v) is 9.41. The molecule has 1 aliphatic carbocycles. The quantitative estimate of drug-likeness (QED) is 0.579. The zero-order valence-corrected chi connectivity index (χ0v) is 16.0. The number of phenols is 1. The first kappa shape index (κ1) is 17.6. The van der Waals surface area contributed by atoms with E-state index in [9.17, 15) is 9.90 Å². The van der Waals surface area contributed by atoms with Gasteiger partial charge in [-0.15, -0.1) is 0 Å². The first-order valence-electron chi connectivity index (χ1n) is 9.41. The van der Waals surface area contributed by atoms with Gasteiger partial charge in [-0.05, 0) is 72.6 Å². The molecule has 1 amide bonds. The monoisotopic (exact) mass is 363 g/mol. The molecule has 0 bridgehead atoms. The lowest BCUT2D eigenvalue weighted by Crippen LogP contribution is -2.27. The van der Waals surface area contributed by atoms with Crippen LogP contribution in [0, 0.1) is 11.3 Å². The highest BCUT2D eigenvalue weighted by molar-refractivity contribution is 6.05. The van der Waals surface area contributed by atoms with Crippen LogP contribution in [0.2, 0.25) is 0 Å². The summed E-state index contributed by atoms with van der Waals surface area (Å²) in [6, 6.07) is 10.4. The molecule has 0 saturated carbocycles. The number of fused-ring (bicyclic) bond motifs is 2. The average molecular weight is 363 g/mol. The molecule has 5 heteroatoms. The highest BCUT2D eigenvalue weighted by Gasteiger charge is 2.29. The molecule has 0 spiro atoms. The maximum Gasteiger partial charge on any atom is 0.272 e. The minimum absolute atomic E-state index is 0.168. The highest BCUT2D eigenvalue weighted by Crippen LogP contribution is 2.37. The Morgan fingerprint density at radius 1 is 1.22 bits per heavy atom. The summed E-state index contributed by atoms with van der Waals surface area (Å²) in [5, 5.41) is 12.2. The average Bonchev–Trinajstić information content (AvgIpc) is 3.03. The molecule has 140 valence electrons. The number of phenolic OH excluding ortho intramolecular Hbond substituents is 1. The summed E-state index contributed by atoms with van der Waals surface area (Å²) in [7, 11) is 0. The number of pyridine rings is 1. The van der Waals surface area contributed by atoms with Gasteiger partial charge >= 0.3 is 0 Å². The van der Waals surface area contributed by atoms with Gasteiger partial charge in [-0.1, -0.05) is 20.8 Å². The van der Waals surface area contributed by atoms with Crippen molar-refractivity contribution in [3.8, 4) is 5.75 Å². The lowest BCUT2D eigenvalue weighted by molar-refractivity contribution is 0.102. The standard InChI is InChI=1S/C22H25N3O2/c1-22(2,3)14-4-9-17-13(10-14)11-18-19(24-17)12-20(25-18)21(27)23-15-5-7-16(26)8-6-15/h5-8,11-12,14,25-26H,4,9-10H2,1-3H3,(H,23,27)/t14-/m0/s1. The molecule has 1 aromatic carbocycles. The smallest absolute Gasteiger partial charge is 0.272 e. The van der Waals surface area contributed by atoms with Crippen LogP contribution in [0.1, 0.15) is 48.9 Å². The topological polar surface area (TPSA) is 78.0 Å². The van der Waals surface area contributed by atoms with Crippen LogP contribution in [-0.4, -0.2) is 21.0 Å². The third kappa shape index (κ3) is 3.54. The van der Waals surface area contributed by atoms with Crippen LogP contribution >= 0.6 is 0 Å². The van der Waals surface area contributed by atoms with Crippen molar-refractivity contribution in [2.45, 2.75) is 40.0 Å². The van der Waals surface area contributed by atoms with Crippen LogP contribution in [0.4, 0.5) is 5.69 Å². The zero-order valence-electron chi connectivity index (χ0n) is 16.0. The van der Waals surface area contributed by atoms with Crippen molar-refractivity contribution < 1.29 is 9.90 Å². The minimum Gasteiger partial charge on any atom is -0.508 e. The molecule has 0 saturated heterocycles. The fraction of sp³-hybridized carbons (Fsp3) is 0.364. The molecule has 0 fully saturated rings. The van der Waals surface area contributed by atoms with E-state index >= 15 is 0 Å². The van der Waals surface area contributed by atoms with E-state index in [4.69, 9.17) is 4.98 Å². The van der Waals surface area contributed by atoms with Crippen LogP contribution in [0.25, 0.3) is 11.0 Å². The maximum absolute atomic E-state index is 12.5. The van der Waals surface area contributed by atoms with Crippen LogP contribution < -0.4 is 5.32 Å². The van der Waals surface area contributed by atoms with Crippen molar-refractivity contribution in [3.63, 3.8) is 0 Å². The lowest BCUT2D eigenvalue weighted by atomic mass is 9.71. The molecule has 0 unspecified atom stereocenters. The Morgan fingerprint density at radius 2 is 1.96 bits per heavy atom. The number of aromatic hydroxyl groups is 1. The van der Waals surface area contributed by atoms with Crippen molar-refractivity contribution in [3.05, 3.63) is 53.3 Å². The highest BCUT2D eigenvalue weighted by atomic mass is 16.3. The number of benzene rings is 1. The molecule has 3 N–H and O–H groups in total. The van der Waals surface area contributed by atoms with Gasteiger partial charge in [-0.25, -0.2) is 0 Å². The molecule has 3 aromatic rings. The van der Waals surface area contributed by atoms with Gasteiger partial charge < -0.3 is 15.4 Å². The molecule has 4 rings (SSSR count). The van der Waals surface area contributed by atoms with Crippen molar-refractivity contribution in [2.24, 2.45) is 11.3 Å². The van der Waals surface area contributed by atoms with E-state index in [-0.39, 0.29) is 17.1 Å². The second-order valence-corrected chi connectivity index (χ2v) is 8.52. The number of anilines is 1. The predicted octanol–water partition coefficient (Wildman–Crippen LogP) is 4.67. The summed E-state index contributed by atoms with van der Waals surface area (Å²) in [5.41, 5.74) is 5.60. The summed E-state index contributed by atoms with van der Waals surface area (Å²) in [6.45, 7) is 6.90. The molecule has 27 heavy (non-hydrogen) atoms. The van der Waals surface area contributed by atoms with Gasteiger partial charge in [0.15, 0.2) is 0 Å². The normalized spacial score (nSPS) is 16.9. The molecule has 1 aliphatic rings. The van der Waals surface area contributed by atoms with Crippen LogP contribution in [0.15, 0.2) is 36.4 Å². The van der Waals surface area contributed by atoms with Gasteiger partial charge in [-0.2, -0.15) is 0 Å². The van der Waals surface area contributed by atoms with E-state index < -0.39 is 0 Å². The van der Waals surface area contributed by atoms with Crippen molar-refractivity contribution in [1.82, 2.24) is 9.97 Å². The molecule has 2 aromatic heterocycles. The van der Waals surface area contributed by atoms with E-state index in [2.05, 4.69) is 37.1 Å². The van der Waals surface area contributed by atoms with E-state index in [0.717, 1.165) is 36.0 Å². The summed E-state index contributed by atoms with van der Waals surface area (Å²) >= 11 is 0. The number of aromatic nitrogens is 2. The van der Waals surface area contributed by atoms with Gasteiger partial charge in [0.25, 0.3) is 5.91 Å². The number of carbonyl (C=O) groups is 1. The number of nitrogens with one attached hydrogen (secondary N) is 2. The maximum atomic E-state index is 12.5. The number of rotatable bonds is 2. The SMILES string of the molecule is CC(C)(C)[C@H]1CCc2nc3cc(C(=O)Nc4ccc(O)cc4)[nH]c3cc2C1. The number of amides is 1. The Bertz CT molecular complexity index is 997. The Hall–Kier alpha value is -2.82. The Morgan fingerprint density at radius 3 is 2.67 bits per heavy atom. The Labute approximate surface area is 158 Å². The summed E-state index contributed by atoms with van der Waals surface area (Å²) in [4.78, 5) is 20.6. The largest absolute Gasteiger partial charge is 0.508 e. The fourth-order valence-corrected chi connectivity index (χ4v) is 3.81. The van der Waals surface area contributed by atoms with Crippen molar-refractivity contribution >= 4 is 22.6 Å². The van der Waals surface area contributed by atoms with Crippen molar-refractivity contribution in [1.29, 1.82) is 0 Å². The van der Waals surface area contributed by atoms with Crippen LogP contribution in [-0.2, 0) is 12.8 Å². The zero-order chi connectivity index (χ0) is 19.2. The summed E-state index contributed by atoms with van der Waals surface area (Å²) in [6.07, 6.45) is 3.19. The fourth-order valence-electron chi connectivity index (χ4n) is 3.81.